The molecule has 2 fully saturated rings. The minimum absolute atomic E-state index is 0.0977. The molecule has 1 N–H and O–H groups in total. The molecule has 27 heavy (non-hydrogen) atoms. The SMILES string of the molecule is CN(CC(=O)N1C[C@@H](F)C[C@H]1CNC(=O)N1CCCC1)Cc1ccccn1. The monoisotopic (exact) mass is 377 g/mol. The van der Waals surface area contributed by atoms with Gasteiger partial charge >= 0.3 is 6.03 Å². The van der Waals surface area contributed by atoms with Crippen LogP contribution in [0.4, 0.5) is 9.18 Å². The molecular formula is C19H28FN5O2. The van der Waals surface area contributed by atoms with Gasteiger partial charge in [-0.15, -0.1) is 0 Å². The summed E-state index contributed by atoms with van der Waals surface area (Å²) in [5, 5.41) is 2.87. The Balaban J connectivity index is 1.50. The summed E-state index contributed by atoms with van der Waals surface area (Å²) < 4.78 is 14.0. The van der Waals surface area contributed by atoms with E-state index in [1.807, 2.05) is 30.1 Å². The summed E-state index contributed by atoms with van der Waals surface area (Å²) in [6.45, 7) is 2.67. The van der Waals surface area contributed by atoms with Crippen LogP contribution in [0.2, 0.25) is 0 Å². The van der Waals surface area contributed by atoms with Crippen molar-refractivity contribution in [2.24, 2.45) is 0 Å². The summed E-state index contributed by atoms with van der Waals surface area (Å²) in [7, 11) is 1.85. The molecule has 0 radical (unpaired) electrons. The molecule has 2 saturated heterocycles. The Bertz CT molecular complexity index is 638. The maximum atomic E-state index is 14.0. The van der Waals surface area contributed by atoms with Gasteiger partial charge in [0, 0.05) is 38.8 Å². The Hall–Kier alpha value is -2.22. The van der Waals surface area contributed by atoms with E-state index in [0.717, 1.165) is 31.6 Å². The molecule has 2 aliphatic heterocycles. The van der Waals surface area contributed by atoms with E-state index >= 15 is 0 Å². The van der Waals surface area contributed by atoms with Crippen LogP contribution in [0.5, 0.6) is 0 Å². The zero-order chi connectivity index (χ0) is 19.2. The van der Waals surface area contributed by atoms with Gasteiger partial charge < -0.3 is 15.1 Å². The highest BCUT2D eigenvalue weighted by molar-refractivity contribution is 5.79. The van der Waals surface area contributed by atoms with Crippen LogP contribution in [0.25, 0.3) is 0 Å². The topological polar surface area (TPSA) is 68.8 Å². The predicted molar refractivity (Wildman–Crippen MR) is 99.8 cm³/mol. The van der Waals surface area contributed by atoms with E-state index in [-0.39, 0.29) is 37.5 Å². The lowest BCUT2D eigenvalue weighted by Gasteiger charge is -2.27. The van der Waals surface area contributed by atoms with Gasteiger partial charge in [0.2, 0.25) is 5.91 Å². The van der Waals surface area contributed by atoms with Crippen molar-refractivity contribution in [1.82, 2.24) is 25.0 Å². The number of carbonyl (C=O) groups excluding carboxylic acids is 2. The summed E-state index contributed by atoms with van der Waals surface area (Å²) in [5.74, 6) is -0.117. The van der Waals surface area contributed by atoms with Crippen LogP contribution in [0.1, 0.15) is 25.0 Å². The molecule has 3 amide bonds. The number of urea groups is 1. The molecule has 0 aromatic carbocycles. The normalized spacial score (nSPS) is 22.5. The highest BCUT2D eigenvalue weighted by Crippen LogP contribution is 2.20. The maximum absolute atomic E-state index is 14.0. The van der Waals surface area contributed by atoms with Crippen LogP contribution in [-0.2, 0) is 11.3 Å². The number of hydrogen-bond donors (Lipinski definition) is 1. The van der Waals surface area contributed by atoms with Gasteiger partial charge in [0.15, 0.2) is 0 Å². The first-order chi connectivity index (χ1) is 13.0. The smallest absolute Gasteiger partial charge is 0.317 e. The quantitative estimate of drug-likeness (QED) is 0.810. The van der Waals surface area contributed by atoms with Crippen molar-refractivity contribution in [3.63, 3.8) is 0 Å². The van der Waals surface area contributed by atoms with Gasteiger partial charge in [-0.05, 0) is 32.0 Å². The van der Waals surface area contributed by atoms with Gasteiger partial charge in [0.05, 0.1) is 24.8 Å². The van der Waals surface area contributed by atoms with E-state index < -0.39 is 6.17 Å². The molecule has 1 aromatic rings. The number of alkyl halides is 1. The van der Waals surface area contributed by atoms with Crippen LogP contribution in [0.3, 0.4) is 0 Å². The largest absolute Gasteiger partial charge is 0.336 e. The van der Waals surface area contributed by atoms with Crippen molar-refractivity contribution in [3.05, 3.63) is 30.1 Å². The zero-order valence-corrected chi connectivity index (χ0v) is 15.8. The first kappa shape index (κ1) is 19.5. The van der Waals surface area contributed by atoms with Gasteiger partial charge in [0.25, 0.3) is 0 Å². The summed E-state index contributed by atoms with van der Waals surface area (Å²) >= 11 is 0. The van der Waals surface area contributed by atoms with Crippen molar-refractivity contribution >= 4 is 11.9 Å². The summed E-state index contributed by atoms with van der Waals surface area (Å²) in [5.41, 5.74) is 0.881. The number of halogens is 1. The average Bonchev–Trinajstić information content (AvgIpc) is 3.30. The molecule has 0 aliphatic carbocycles. The van der Waals surface area contributed by atoms with E-state index in [4.69, 9.17) is 0 Å². The molecular weight excluding hydrogens is 349 g/mol. The molecule has 148 valence electrons. The standard InChI is InChI=1S/C19H28FN5O2/c1-23(13-16-6-2-3-7-21-16)14-18(26)25-12-15(20)10-17(25)11-22-19(27)24-8-4-5-9-24/h2-3,6-7,15,17H,4-5,8-14H2,1H3,(H,22,27)/t15-,17-/m0/s1. The van der Waals surface area contributed by atoms with Gasteiger partial charge in [-0.2, -0.15) is 0 Å². The average molecular weight is 377 g/mol. The summed E-state index contributed by atoms with van der Waals surface area (Å²) in [6, 6.07) is 5.26. The van der Waals surface area contributed by atoms with Crippen molar-refractivity contribution < 1.29 is 14.0 Å². The molecule has 1 aromatic heterocycles. The van der Waals surface area contributed by atoms with Crippen LogP contribution in [0.15, 0.2) is 24.4 Å². The zero-order valence-electron chi connectivity index (χ0n) is 15.8. The van der Waals surface area contributed by atoms with E-state index in [1.165, 1.54) is 0 Å². The number of rotatable bonds is 6. The van der Waals surface area contributed by atoms with Gasteiger partial charge in [0.1, 0.15) is 6.17 Å². The second kappa shape index (κ2) is 9.12. The Morgan fingerprint density at radius 1 is 1.33 bits per heavy atom. The number of carbonyl (C=O) groups is 2. The number of nitrogens with one attached hydrogen (secondary N) is 1. The Kier molecular flexibility index (Phi) is 6.60. The number of likely N-dealkylation sites (tertiary alicyclic amines) is 2. The maximum Gasteiger partial charge on any atom is 0.317 e. The Morgan fingerprint density at radius 3 is 2.81 bits per heavy atom. The summed E-state index contributed by atoms with van der Waals surface area (Å²) in [6.07, 6.45) is 3.00. The summed E-state index contributed by atoms with van der Waals surface area (Å²) in [4.78, 5) is 34.3. The molecule has 2 aliphatic rings. The Morgan fingerprint density at radius 2 is 2.11 bits per heavy atom. The highest BCUT2D eigenvalue weighted by Gasteiger charge is 2.36. The molecule has 3 rings (SSSR count). The first-order valence-electron chi connectivity index (χ1n) is 9.57. The van der Waals surface area contributed by atoms with Gasteiger partial charge in [-0.3, -0.25) is 14.7 Å². The number of pyridine rings is 1. The molecule has 3 heterocycles. The molecule has 8 heteroatoms. The minimum atomic E-state index is -1.04. The Labute approximate surface area is 159 Å². The molecule has 0 unspecified atom stereocenters. The van der Waals surface area contributed by atoms with Gasteiger partial charge in [-0.25, -0.2) is 9.18 Å². The van der Waals surface area contributed by atoms with Crippen molar-refractivity contribution in [2.75, 3.05) is 39.8 Å². The van der Waals surface area contributed by atoms with Crippen molar-refractivity contribution in [2.45, 2.75) is 38.0 Å². The number of nitrogens with zero attached hydrogens (tertiary/aromatic N) is 4. The van der Waals surface area contributed by atoms with E-state index in [0.29, 0.717) is 13.1 Å². The fourth-order valence-corrected chi connectivity index (χ4v) is 3.74. The lowest BCUT2D eigenvalue weighted by molar-refractivity contribution is -0.133. The molecule has 7 nitrogen and oxygen atoms in total. The third kappa shape index (κ3) is 5.38. The fourth-order valence-electron chi connectivity index (χ4n) is 3.74. The number of hydrogen-bond acceptors (Lipinski definition) is 4. The van der Waals surface area contributed by atoms with Crippen molar-refractivity contribution in [1.29, 1.82) is 0 Å². The minimum Gasteiger partial charge on any atom is -0.336 e. The van der Waals surface area contributed by atoms with Crippen LogP contribution in [0, 0.1) is 0 Å². The molecule has 0 saturated carbocycles. The highest BCUT2D eigenvalue weighted by atomic mass is 19.1. The van der Waals surface area contributed by atoms with Crippen LogP contribution < -0.4 is 5.32 Å². The lowest BCUT2D eigenvalue weighted by atomic mass is 10.2. The first-order valence-corrected chi connectivity index (χ1v) is 9.57. The van der Waals surface area contributed by atoms with E-state index in [2.05, 4.69) is 10.3 Å². The molecule has 2 atom stereocenters. The number of amides is 3. The number of aromatic nitrogens is 1. The molecule has 0 spiro atoms. The lowest BCUT2D eigenvalue weighted by Crippen LogP contribution is -2.48. The number of likely N-dealkylation sites (N-methyl/N-ethyl adjacent to an activating group) is 1. The third-order valence-corrected chi connectivity index (χ3v) is 5.13. The fraction of sp³-hybridized carbons (Fsp3) is 0.632. The third-order valence-electron chi connectivity index (χ3n) is 5.13. The van der Waals surface area contributed by atoms with Crippen LogP contribution >= 0.6 is 0 Å². The molecule has 0 bridgehead atoms. The van der Waals surface area contributed by atoms with Crippen LogP contribution in [-0.4, -0.2) is 83.6 Å². The predicted octanol–water partition coefficient (Wildman–Crippen LogP) is 1.26. The van der Waals surface area contributed by atoms with Gasteiger partial charge in [-0.1, -0.05) is 6.07 Å². The second-order valence-corrected chi connectivity index (χ2v) is 7.41. The second-order valence-electron chi connectivity index (χ2n) is 7.41. The van der Waals surface area contributed by atoms with E-state index in [1.54, 1.807) is 16.0 Å². The van der Waals surface area contributed by atoms with Crippen molar-refractivity contribution in [3.8, 4) is 0 Å². The van der Waals surface area contributed by atoms with E-state index in [9.17, 15) is 14.0 Å².